The van der Waals surface area contributed by atoms with Crippen molar-refractivity contribution < 1.29 is 0 Å². The van der Waals surface area contributed by atoms with Gasteiger partial charge in [0.25, 0.3) is 0 Å². The Kier molecular flexibility index (Phi) is 4.24. The Balaban J connectivity index is 1.97. The van der Waals surface area contributed by atoms with Crippen molar-refractivity contribution >= 4 is 11.2 Å². The first-order valence-electron chi connectivity index (χ1n) is 8.26. The zero-order valence-electron chi connectivity index (χ0n) is 13.4. The Morgan fingerprint density at radius 3 is 3.00 bits per heavy atom. The average molecular weight is 286 g/mol. The maximum Gasteiger partial charge on any atom is 0.159 e. The predicted octanol–water partition coefficient (Wildman–Crippen LogP) is 3.43. The molecule has 0 aliphatic carbocycles. The lowest BCUT2D eigenvalue weighted by atomic mass is 9.96. The fourth-order valence-electron chi connectivity index (χ4n) is 3.42. The number of hydrogen-bond donors (Lipinski definition) is 0. The Bertz CT molecular complexity index is 602. The van der Waals surface area contributed by atoms with E-state index in [1.54, 1.807) is 0 Å². The maximum absolute atomic E-state index is 4.92. The summed E-state index contributed by atoms with van der Waals surface area (Å²) in [6.45, 7) is 10.2. The molecular weight excluding hydrogens is 260 g/mol. The van der Waals surface area contributed by atoms with E-state index in [2.05, 4.69) is 41.3 Å². The lowest BCUT2D eigenvalue weighted by molar-refractivity contribution is 0.163. The fraction of sp³-hybridized carbons (Fsp3) is 0.647. The molecule has 1 unspecified atom stereocenters. The zero-order chi connectivity index (χ0) is 14.8. The molecule has 114 valence electrons. The summed E-state index contributed by atoms with van der Waals surface area (Å²) in [6.07, 6.45) is 5.51. The quantitative estimate of drug-likeness (QED) is 0.863. The van der Waals surface area contributed by atoms with Gasteiger partial charge in [0.1, 0.15) is 11.3 Å². The second-order valence-corrected chi connectivity index (χ2v) is 6.40. The highest BCUT2D eigenvalue weighted by molar-refractivity contribution is 5.71. The van der Waals surface area contributed by atoms with Crippen LogP contribution in [0.3, 0.4) is 0 Å². The van der Waals surface area contributed by atoms with Crippen molar-refractivity contribution in [3.63, 3.8) is 0 Å². The van der Waals surface area contributed by atoms with Gasteiger partial charge in [0.05, 0.1) is 0 Å². The Labute approximate surface area is 127 Å². The van der Waals surface area contributed by atoms with Crippen LogP contribution in [0.4, 0.5) is 0 Å². The summed E-state index contributed by atoms with van der Waals surface area (Å²) < 4.78 is 2.35. The van der Waals surface area contributed by atoms with E-state index < -0.39 is 0 Å². The van der Waals surface area contributed by atoms with Crippen molar-refractivity contribution in [3.8, 4) is 0 Å². The van der Waals surface area contributed by atoms with Crippen LogP contribution in [0, 0.1) is 0 Å². The highest BCUT2D eigenvalue weighted by Crippen LogP contribution is 2.29. The van der Waals surface area contributed by atoms with Crippen molar-refractivity contribution in [3.05, 3.63) is 24.2 Å². The molecule has 1 fully saturated rings. The average Bonchev–Trinajstić information content (AvgIpc) is 2.87. The van der Waals surface area contributed by atoms with Gasteiger partial charge in [-0.25, -0.2) is 9.97 Å². The molecule has 1 atom stereocenters. The van der Waals surface area contributed by atoms with E-state index in [-0.39, 0.29) is 0 Å². The van der Waals surface area contributed by atoms with Crippen molar-refractivity contribution in [1.82, 2.24) is 19.4 Å². The Morgan fingerprint density at radius 2 is 2.24 bits per heavy atom. The molecule has 4 nitrogen and oxygen atoms in total. The number of fused-ring (bicyclic) bond motifs is 1. The molecule has 0 radical (unpaired) electrons. The van der Waals surface area contributed by atoms with E-state index in [1.165, 1.54) is 25.2 Å². The van der Waals surface area contributed by atoms with E-state index in [0.717, 1.165) is 30.7 Å². The molecule has 1 saturated heterocycles. The summed E-state index contributed by atoms with van der Waals surface area (Å²) in [6, 6.07) is 4.69. The number of pyridine rings is 1. The van der Waals surface area contributed by atoms with Crippen LogP contribution >= 0.6 is 0 Å². The van der Waals surface area contributed by atoms with E-state index in [9.17, 15) is 0 Å². The summed E-state index contributed by atoms with van der Waals surface area (Å²) in [5.41, 5.74) is 2.10. The first kappa shape index (κ1) is 14.5. The minimum atomic E-state index is 0.543. The van der Waals surface area contributed by atoms with E-state index in [1.807, 2.05) is 12.3 Å². The van der Waals surface area contributed by atoms with Crippen molar-refractivity contribution in [2.24, 2.45) is 0 Å². The Morgan fingerprint density at radius 1 is 1.38 bits per heavy atom. The van der Waals surface area contributed by atoms with Gasteiger partial charge >= 0.3 is 0 Å². The van der Waals surface area contributed by atoms with Gasteiger partial charge in [-0.3, -0.25) is 0 Å². The van der Waals surface area contributed by atoms with Crippen molar-refractivity contribution in [2.75, 3.05) is 13.1 Å². The van der Waals surface area contributed by atoms with Gasteiger partial charge in [-0.2, -0.15) is 0 Å². The maximum atomic E-state index is 4.92. The third-order valence-corrected chi connectivity index (χ3v) is 4.53. The van der Waals surface area contributed by atoms with E-state index in [4.69, 9.17) is 4.98 Å². The molecular formula is C17H26N4. The van der Waals surface area contributed by atoms with E-state index >= 15 is 0 Å². The Hall–Kier alpha value is -1.42. The van der Waals surface area contributed by atoms with Gasteiger partial charge in [-0.05, 0) is 51.8 Å². The predicted molar refractivity (Wildman–Crippen MR) is 86.5 cm³/mol. The second kappa shape index (κ2) is 6.14. The number of rotatable bonds is 4. The van der Waals surface area contributed by atoms with Crippen LogP contribution in [0.15, 0.2) is 18.3 Å². The molecule has 21 heavy (non-hydrogen) atoms. The number of hydrogen-bond acceptors (Lipinski definition) is 3. The third-order valence-electron chi connectivity index (χ3n) is 4.53. The van der Waals surface area contributed by atoms with Crippen LogP contribution in [0.5, 0.6) is 0 Å². The molecule has 0 saturated carbocycles. The van der Waals surface area contributed by atoms with Gasteiger partial charge in [-0.1, -0.05) is 6.92 Å². The standard InChI is InChI=1S/C17H26N4/c1-4-10-21-16(19-15-8-5-9-18-17(15)21)14-7-6-11-20(12-14)13(2)3/h5,8-9,13-14H,4,6-7,10-12H2,1-3H3. The number of likely N-dealkylation sites (tertiary alicyclic amines) is 1. The van der Waals surface area contributed by atoms with Gasteiger partial charge < -0.3 is 9.47 Å². The molecule has 2 aromatic rings. The van der Waals surface area contributed by atoms with Crippen LogP contribution in [0.25, 0.3) is 11.2 Å². The van der Waals surface area contributed by atoms with Gasteiger partial charge in [0, 0.05) is 31.2 Å². The molecule has 0 bridgehead atoms. The smallest absolute Gasteiger partial charge is 0.159 e. The highest BCUT2D eigenvalue weighted by atomic mass is 15.2. The SMILES string of the molecule is CCCn1c(C2CCCN(C(C)C)C2)nc2cccnc21. The minimum absolute atomic E-state index is 0.543. The third kappa shape index (κ3) is 2.82. The minimum Gasteiger partial charge on any atom is -0.312 e. The lowest BCUT2D eigenvalue weighted by Gasteiger charge is -2.35. The summed E-state index contributed by atoms with van der Waals surface area (Å²) in [7, 11) is 0. The first-order chi connectivity index (χ1) is 10.2. The molecule has 1 aliphatic rings. The topological polar surface area (TPSA) is 34.0 Å². The number of aryl methyl sites for hydroxylation is 1. The molecule has 3 heterocycles. The van der Waals surface area contributed by atoms with Crippen LogP contribution in [-0.4, -0.2) is 38.6 Å². The van der Waals surface area contributed by atoms with Crippen molar-refractivity contribution in [2.45, 2.75) is 58.5 Å². The molecule has 2 aromatic heterocycles. The largest absolute Gasteiger partial charge is 0.312 e. The van der Waals surface area contributed by atoms with Crippen LogP contribution in [0.1, 0.15) is 51.8 Å². The van der Waals surface area contributed by atoms with Crippen LogP contribution < -0.4 is 0 Å². The van der Waals surface area contributed by atoms with Crippen molar-refractivity contribution in [1.29, 1.82) is 0 Å². The molecule has 4 heteroatoms. The first-order valence-corrected chi connectivity index (χ1v) is 8.26. The summed E-state index contributed by atoms with van der Waals surface area (Å²) in [5.74, 6) is 1.79. The molecule has 0 aromatic carbocycles. The van der Waals surface area contributed by atoms with Crippen LogP contribution in [0.2, 0.25) is 0 Å². The molecule has 1 aliphatic heterocycles. The molecule has 0 amide bonds. The normalized spacial score (nSPS) is 20.5. The molecule has 0 spiro atoms. The van der Waals surface area contributed by atoms with Gasteiger partial charge in [0.15, 0.2) is 5.65 Å². The number of nitrogens with zero attached hydrogens (tertiary/aromatic N) is 4. The van der Waals surface area contributed by atoms with Gasteiger partial charge in [0.2, 0.25) is 0 Å². The molecule has 3 rings (SSSR count). The van der Waals surface area contributed by atoms with E-state index in [0.29, 0.717) is 12.0 Å². The number of aromatic nitrogens is 3. The zero-order valence-corrected chi connectivity index (χ0v) is 13.4. The summed E-state index contributed by atoms with van der Waals surface area (Å²) in [4.78, 5) is 12.1. The second-order valence-electron chi connectivity index (χ2n) is 6.40. The highest BCUT2D eigenvalue weighted by Gasteiger charge is 2.27. The van der Waals surface area contributed by atoms with Gasteiger partial charge in [-0.15, -0.1) is 0 Å². The fourth-order valence-corrected chi connectivity index (χ4v) is 3.42. The van der Waals surface area contributed by atoms with Crippen LogP contribution in [-0.2, 0) is 6.54 Å². The number of imidazole rings is 1. The number of piperidine rings is 1. The summed E-state index contributed by atoms with van der Waals surface area (Å²) in [5, 5.41) is 0. The monoisotopic (exact) mass is 286 g/mol. The lowest BCUT2D eigenvalue weighted by Crippen LogP contribution is -2.39. The molecule has 0 N–H and O–H groups in total. The summed E-state index contributed by atoms with van der Waals surface area (Å²) >= 11 is 0.